The Morgan fingerprint density at radius 3 is 2.79 bits per heavy atom. The smallest absolute Gasteiger partial charge is 0.325 e. The van der Waals surface area contributed by atoms with Gasteiger partial charge in [-0.2, -0.15) is 0 Å². The van der Waals surface area contributed by atoms with Crippen molar-refractivity contribution in [3.63, 3.8) is 0 Å². The molecule has 150 valence electrons. The number of fused-ring (bicyclic) bond motifs is 1. The number of ether oxygens (including phenoxy) is 2. The predicted molar refractivity (Wildman–Crippen MR) is 103 cm³/mol. The van der Waals surface area contributed by atoms with Crippen LogP contribution in [-0.2, 0) is 15.1 Å². The quantitative estimate of drug-likeness (QED) is 0.582. The van der Waals surface area contributed by atoms with Crippen molar-refractivity contribution >= 4 is 35.1 Å². The summed E-state index contributed by atoms with van der Waals surface area (Å²) in [5.74, 6) is -0.0502. The summed E-state index contributed by atoms with van der Waals surface area (Å²) in [4.78, 5) is 42.5. The van der Waals surface area contributed by atoms with Crippen molar-refractivity contribution < 1.29 is 23.9 Å². The van der Waals surface area contributed by atoms with Gasteiger partial charge in [-0.25, -0.2) is 9.78 Å². The van der Waals surface area contributed by atoms with Gasteiger partial charge in [0.25, 0.3) is 5.91 Å². The van der Waals surface area contributed by atoms with E-state index in [1.165, 1.54) is 6.20 Å². The number of halogens is 1. The average Bonchev–Trinajstić information content (AvgIpc) is 2.93. The topological polar surface area (TPSA) is 110 Å². The van der Waals surface area contributed by atoms with Crippen LogP contribution in [0.15, 0.2) is 36.5 Å². The highest BCUT2D eigenvalue weighted by Gasteiger charge is 2.49. The summed E-state index contributed by atoms with van der Waals surface area (Å²) >= 11 is 5.92. The molecule has 1 saturated heterocycles. The molecule has 0 radical (unpaired) electrons. The number of hydrogen-bond acceptors (Lipinski definition) is 6. The molecule has 1 fully saturated rings. The SMILES string of the molecule is CC1(c2ccc3c(c2)OCCO3)NC(=O)N(CC(=O)Nc2cccnc2Cl)C1=O. The Bertz CT molecular complexity index is 1010. The van der Waals surface area contributed by atoms with E-state index in [-0.39, 0.29) is 5.15 Å². The second-order valence-electron chi connectivity index (χ2n) is 6.69. The van der Waals surface area contributed by atoms with Crippen molar-refractivity contribution in [3.05, 3.63) is 47.2 Å². The van der Waals surface area contributed by atoms with Crippen LogP contribution in [0.1, 0.15) is 12.5 Å². The number of hydrogen-bond donors (Lipinski definition) is 2. The summed E-state index contributed by atoms with van der Waals surface area (Å²) in [6.07, 6.45) is 1.48. The second kappa shape index (κ2) is 7.25. The molecule has 4 rings (SSSR count). The highest BCUT2D eigenvalue weighted by atomic mass is 35.5. The maximum atomic E-state index is 13.0. The summed E-state index contributed by atoms with van der Waals surface area (Å²) in [5, 5.41) is 5.31. The first kappa shape index (κ1) is 19.0. The fraction of sp³-hybridized carbons (Fsp3) is 0.263. The summed E-state index contributed by atoms with van der Waals surface area (Å²) < 4.78 is 11.0. The molecule has 29 heavy (non-hydrogen) atoms. The molecule has 2 aromatic rings. The van der Waals surface area contributed by atoms with Crippen LogP contribution in [-0.4, -0.2) is 47.5 Å². The van der Waals surface area contributed by atoms with E-state index in [1.54, 1.807) is 37.3 Å². The summed E-state index contributed by atoms with van der Waals surface area (Å²) in [5.41, 5.74) is -0.516. The number of pyridine rings is 1. The molecule has 1 unspecified atom stereocenters. The van der Waals surface area contributed by atoms with Crippen LogP contribution in [0.3, 0.4) is 0 Å². The Labute approximate surface area is 170 Å². The van der Waals surface area contributed by atoms with Gasteiger partial charge >= 0.3 is 6.03 Å². The van der Waals surface area contributed by atoms with E-state index in [1.807, 2.05) is 0 Å². The third kappa shape index (κ3) is 3.44. The molecule has 0 spiro atoms. The Balaban J connectivity index is 1.52. The van der Waals surface area contributed by atoms with Gasteiger partial charge in [0, 0.05) is 6.20 Å². The van der Waals surface area contributed by atoms with Gasteiger partial charge < -0.3 is 20.1 Å². The second-order valence-corrected chi connectivity index (χ2v) is 7.05. The number of nitrogens with zero attached hydrogens (tertiary/aromatic N) is 2. The zero-order valence-electron chi connectivity index (χ0n) is 15.4. The summed E-state index contributed by atoms with van der Waals surface area (Å²) in [6, 6.07) is 7.54. The molecule has 2 aliphatic rings. The number of rotatable bonds is 4. The van der Waals surface area contributed by atoms with Crippen LogP contribution in [0.2, 0.25) is 5.15 Å². The first-order valence-electron chi connectivity index (χ1n) is 8.83. The van der Waals surface area contributed by atoms with Crippen molar-refractivity contribution in [2.75, 3.05) is 25.1 Å². The normalized spacial score (nSPS) is 20.4. The van der Waals surface area contributed by atoms with Crippen molar-refractivity contribution in [1.29, 1.82) is 0 Å². The van der Waals surface area contributed by atoms with E-state index < -0.39 is 29.9 Å². The van der Waals surface area contributed by atoms with Gasteiger partial charge in [-0.15, -0.1) is 0 Å². The molecule has 0 bridgehead atoms. The van der Waals surface area contributed by atoms with E-state index >= 15 is 0 Å². The van der Waals surface area contributed by atoms with Gasteiger partial charge in [0.1, 0.15) is 25.3 Å². The van der Waals surface area contributed by atoms with Crippen LogP contribution in [0.5, 0.6) is 11.5 Å². The van der Waals surface area contributed by atoms with Crippen molar-refractivity contribution in [1.82, 2.24) is 15.2 Å². The zero-order valence-corrected chi connectivity index (χ0v) is 16.2. The number of nitrogens with one attached hydrogen (secondary N) is 2. The largest absolute Gasteiger partial charge is 0.486 e. The van der Waals surface area contributed by atoms with E-state index in [4.69, 9.17) is 21.1 Å². The van der Waals surface area contributed by atoms with Crippen LogP contribution in [0.25, 0.3) is 0 Å². The molecule has 2 aliphatic heterocycles. The first-order chi connectivity index (χ1) is 13.9. The minimum atomic E-state index is -1.33. The van der Waals surface area contributed by atoms with E-state index in [2.05, 4.69) is 15.6 Å². The zero-order chi connectivity index (χ0) is 20.6. The molecule has 1 aromatic heterocycles. The van der Waals surface area contributed by atoms with Crippen molar-refractivity contribution in [2.24, 2.45) is 0 Å². The number of carbonyl (C=O) groups excluding carboxylic acids is 3. The molecule has 1 aromatic carbocycles. The lowest BCUT2D eigenvalue weighted by Gasteiger charge is -2.25. The Morgan fingerprint density at radius 1 is 1.28 bits per heavy atom. The lowest BCUT2D eigenvalue weighted by atomic mass is 9.91. The van der Waals surface area contributed by atoms with E-state index in [0.29, 0.717) is 36.0 Å². The molecule has 9 nitrogen and oxygen atoms in total. The molecule has 0 saturated carbocycles. The highest BCUT2D eigenvalue weighted by molar-refractivity contribution is 6.32. The standard InChI is InChI=1S/C19H17ClN4O5/c1-19(11-4-5-13-14(9-11)29-8-7-28-13)17(26)24(18(27)23-19)10-15(25)22-12-3-2-6-21-16(12)20/h2-6,9H,7-8,10H2,1H3,(H,22,25)(H,23,27). The monoisotopic (exact) mass is 416 g/mol. The van der Waals surface area contributed by atoms with Crippen molar-refractivity contribution in [2.45, 2.75) is 12.5 Å². The van der Waals surface area contributed by atoms with Gasteiger partial charge in [0.05, 0.1) is 5.69 Å². The molecule has 2 N–H and O–H groups in total. The molecular weight excluding hydrogens is 400 g/mol. The fourth-order valence-electron chi connectivity index (χ4n) is 3.20. The number of anilines is 1. The summed E-state index contributed by atoms with van der Waals surface area (Å²) in [7, 11) is 0. The molecular formula is C19H17ClN4O5. The van der Waals surface area contributed by atoms with E-state index in [0.717, 1.165) is 4.90 Å². The van der Waals surface area contributed by atoms with Crippen LogP contribution >= 0.6 is 11.6 Å². The summed E-state index contributed by atoms with van der Waals surface area (Å²) in [6.45, 7) is 1.96. The minimum Gasteiger partial charge on any atom is -0.486 e. The third-order valence-electron chi connectivity index (χ3n) is 4.73. The molecule has 0 aliphatic carbocycles. The number of carbonyl (C=O) groups is 3. The molecule has 10 heteroatoms. The lowest BCUT2D eigenvalue weighted by molar-refractivity contribution is -0.133. The predicted octanol–water partition coefficient (Wildman–Crippen LogP) is 1.91. The number of benzene rings is 1. The third-order valence-corrected chi connectivity index (χ3v) is 5.03. The average molecular weight is 417 g/mol. The molecule has 1 atom stereocenters. The number of urea groups is 1. The minimum absolute atomic E-state index is 0.110. The maximum Gasteiger partial charge on any atom is 0.325 e. The van der Waals surface area contributed by atoms with Crippen LogP contribution < -0.4 is 20.1 Å². The number of amides is 4. The fourth-order valence-corrected chi connectivity index (χ4v) is 3.37. The highest BCUT2D eigenvalue weighted by Crippen LogP contribution is 2.36. The van der Waals surface area contributed by atoms with Gasteiger partial charge in [0.15, 0.2) is 16.7 Å². The molecule has 3 heterocycles. The maximum absolute atomic E-state index is 13.0. The number of imide groups is 1. The van der Waals surface area contributed by atoms with Crippen LogP contribution in [0, 0.1) is 0 Å². The van der Waals surface area contributed by atoms with Gasteiger partial charge in [-0.05, 0) is 36.8 Å². The van der Waals surface area contributed by atoms with Gasteiger partial charge in [-0.3, -0.25) is 14.5 Å². The first-order valence-corrected chi connectivity index (χ1v) is 9.21. The van der Waals surface area contributed by atoms with Crippen molar-refractivity contribution in [3.8, 4) is 11.5 Å². The van der Waals surface area contributed by atoms with Crippen LogP contribution in [0.4, 0.5) is 10.5 Å². The van der Waals surface area contributed by atoms with Gasteiger partial charge in [-0.1, -0.05) is 17.7 Å². The van der Waals surface area contributed by atoms with E-state index in [9.17, 15) is 14.4 Å². The molecule has 4 amide bonds. The van der Waals surface area contributed by atoms with Gasteiger partial charge in [0.2, 0.25) is 5.91 Å². The number of aromatic nitrogens is 1. The Morgan fingerprint density at radius 2 is 2.03 bits per heavy atom. The Hall–Kier alpha value is -3.33. The Kier molecular flexibility index (Phi) is 4.75. The lowest BCUT2D eigenvalue weighted by Crippen LogP contribution is -2.42.